The van der Waals surface area contributed by atoms with Gasteiger partial charge in [-0.05, 0) is 24.3 Å². The van der Waals surface area contributed by atoms with Crippen LogP contribution < -0.4 is 16.1 Å². The number of rotatable bonds is 3. The van der Waals surface area contributed by atoms with Crippen LogP contribution >= 0.6 is 0 Å². The van der Waals surface area contributed by atoms with E-state index in [1.165, 1.54) is 7.11 Å². The molecule has 0 aliphatic heterocycles. The lowest BCUT2D eigenvalue weighted by Crippen LogP contribution is -2.33. The first-order valence-electron chi connectivity index (χ1n) is 5.39. The molecule has 0 fully saturated rings. The summed E-state index contributed by atoms with van der Waals surface area (Å²) in [6.45, 7) is 0. The van der Waals surface area contributed by atoms with Crippen LogP contribution in [0, 0.1) is 0 Å². The monoisotopic (exact) mass is 247 g/mol. The van der Waals surface area contributed by atoms with E-state index in [0.717, 1.165) is 5.69 Å². The first-order valence-corrected chi connectivity index (χ1v) is 5.39. The molecule has 0 atom stereocenters. The van der Waals surface area contributed by atoms with Gasteiger partial charge < -0.3 is 9.72 Å². The summed E-state index contributed by atoms with van der Waals surface area (Å²) in [6.07, 6.45) is 5.19. The number of ether oxygens (including phenoxy) is 1. The molecule has 0 bridgehead atoms. The van der Waals surface area contributed by atoms with E-state index in [-0.39, 0.29) is 17.9 Å². The zero-order valence-corrected chi connectivity index (χ0v) is 9.82. The number of H-pyrrole nitrogens is 3. The highest BCUT2D eigenvalue weighted by Crippen LogP contribution is 1.92. The standard InChI is InChI=1S/C12H13N3O3/c1-18-11(16)5-4-10-9(12(17)15-14-10)7-8-3-2-6-13-8/h2-4,6-7,13-14H,5H2,1H3,(H,15,17). The van der Waals surface area contributed by atoms with Crippen molar-refractivity contribution in [3.05, 3.63) is 44.9 Å². The Hall–Kier alpha value is -2.50. The highest BCUT2D eigenvalue weighted by atomic mass is 16.5. The first kappa shape index (κ1) is 12.0. The lowest BCUT2D eigenvalue weighted by Gasteiger charge is -1.90. The SMILES string of the molecule is COC(=O)CC=c1[nH][nH]c(=O)c1=Cc1ccc[nH]1. The molecule has 2 heterocycles. The minimum atomic E-state index is -0.358. The van der Waals surface area contributed by atoms with Crippen molar-refractivity contribution in [3.63, 3.8) is 0 Å². The molecular formula is C12H13N3O3. The molecule has 2 aromatic heterocycles. The maximum absolute atomic E-state index is 11.6. The Morgan fingerprint density at radius 1 is 1.44 bits per heavy atom. The molecule has 0 spiro atoms. The lowest BCUT2D eigenvalue weighted by atomic mass is 10.3. The molecule has 6 heteroatoms. The fourth-order valence-corrected chi connectivity index (χ4v) is 1.54. The van der Waals surface area contributed by atoms with Gasteiger partial charge in [-0.3, -0.25) is 19.8 Å². The van der Waals surface area contributed by atoms with Crippen molar-refractivity contribution in [2.45, 2.75) is 6.42 Å². The van der Waals surface area contributed by atoms with E-state index >= 15 is 0 Å². The zero-order valence-electron chi connectivity index (χ0n) is 9.82. The van der Waals surface area contributed by atoms with Gasteiger partial charge in [0.05, 0.1) is 24.1 Å². The fraction of sp³-hybridized carbons (Fsp3) is 0.167. The molecule has 3 N–H and O–H groups in total. The van der Waals surface area contributed by atoms with Gasteiger partial charge in [0.2, 0.25) is 0 Å². The smallest absolute Gasteiger partial charge is 0.309 e. The number of nitrogens with one attached hydrogen (secondary N) is 3. The maximum Gasteiger partial charge on any atom is 0.309 e. The van der Waals surface area contributed by atoms with Crippen molar-refractivity contribution < 1.29 is 9.53 Å². The van der Waals surface area contributed by atoms with Crippen molar-refractivity contribution >= 4 is 18.1 Å². The van der Waals surface area contributed by atoms with E-state index in [1.807, 2.05) is 12.1 Å². The van der Waals surface area contributed by atoms with Crippen LogP contribution in [0.3, 0.4) is 0 Å². The van der Waals surface area contributed by atoms with Crippen LogP contribution in [0.5, 0.6) is 0 Å². The van der Waals surface area contributed by atoms with Gasteiger partial charge >= 0.3 is 5.97 Å². The number of carbonyl (C=O) groups is 1. The van der Waals surface area contributed by atoms with Crippen LogP contribution in [0.1, 0.15) is 12.1 Å². The summed E-state index contributed by atoms with van der Waals surface area (Å²) in [5.41, 5.74) is 0.577. The molecule has 0 unspecified atom stereocenters. The Kier molecular flexibility index (Phi) is 3.47. The number of aromatic amines is 3. The van der Waals surface area contributed by atoms with E-state index < -0.39 is 0 Å². The van der Waals surface area contributed by atoms with Crippen LogP contribution in [-0.4, -0.2) is 28.3 Å². The Morgan fingerprint density at radius 2 is 2.28 bits per heavy atom. The summed E-state index contributed by atoms with van der Waals surface area (Å²) >= 11 is 0. The van der Waals surface area contributed by atoms with E-state index in [2.05, 4.69) is 19.9 Å². The van der Waals surface area contributed by atoms with E-state index in [0.29, 0.717) is 10.6 Å². The zero-order chi connectivity index (χ0) is 13.0. The molecule has 0 saturated heterocycles. The third kappa shape index (κ3) is 2.60. The molecule has 0 amide bonds. The number of carbonyl (C=O) groups excluding carboxylic acids is 1. The van der Waals surface area contributed by atoms with E-state index in [1.54, 1.807) is 18.3 Å². The van der Waals surface area contributed by atoms with Gasteiger partial charge in [0.1, 0.15) is 0 Å². The molecule has 0 saturated carbocycles. The lowest BCUT2D eigenvalue weighted by molar-refractivity contribution is -0.139. The molecule has 6 nitrogen and oxygen atoms in total. The second kappa shape index (κ2) is 5.22. The Labute approximate surface area is 102 Å². The van der Waals surface area contributed by atoms with Gasteiger partial charge in [-0.15, -0.1) is 0 Å². The third-order valence-corrected chi connectivity index (χ3v) is 2.47. The Balaban J connectivity index is 2.45. The Morgan fingerprint density at radius 3 is 2.94 bits per heavy atom. The number of hydrogen-bond acceptors (Lipinski definition) is 3. The van der Waals surface area contributed by atoms with Crippen LogP contribution in [0.4, 0.5) is 0 Å². The third-order valence-electron chi connectivity index (χ3n) is 2.47. The van der Waals surface area contributed by atoms with E-state index in [4.69, 9.17) is 0 Å². The molecule has 18 heavy (non-hydrogen) atoms. The summed E-state index contributed by atoms with van der Waals surface area (Å²) < 4.78 is 4.54. The normalized spacial score (nSPS) is 12.9. The maximum atomic E-state index is 11.6. The summed E-state index contributed by atoms with van der Waals surface area (Å²) in [7, 11) is 1.32. The predicted octanol–water partition coefficient (Wildman–Crippen LogP) is -0.796. The number of methoxy groups -OCH3 is 1. The topological polar surface area (TPSA) is 90.7 Å². The highest BCUT2D eigenvalue weighted by Gasteiger charge is 1.99. The van der Waals surface area contributed by atoms with Crippen molar-refractivity contribution in [2.75, 3.05) is 7.11 Å². The van der Waals surface area contributed by atoms with Crippen LogP contribution in [0.2, 0.25) is 0 Å². The molecule has 0 radical (unpaired) electrons. The summed E-state index contributed by atoms with van der Waals surface area (Å²) in [4.78, 5) is 25.6. The second-order valence-electron chi connectivity index (χ2n) is 3.66. The second-order valence-corrected chi connectivity index (χ2v) is 3.66. The van der Waals surface area contributed by atoms with Gasteiger partial charge in [-0.1, -0.05) is 0 Å². The summed E-state index contributed by atoms with van der Waals surface area (Å²) in [5, 5.41) is 6.25. The molecule has 2 aromatic rings. The fourth-order valence-electron chi connectivity index (χ4n) is 1.54. The van der Waals surface area contributed by atoms with Crippen LogP contribution in [0.15, 0.2) is 23.1 Å². The molecule has 0 aliphatic rings. The predicted molar refractivity (Wildman–Crippen MR) is 66.1 cm³/mol. The minimum absolute atomic E-state index is 0.107. The van der Waals surface area contributed by atoms with Gasteiger partial charge in [0, 0.05) is 11.9 Å². The number of esters is 1. The molecule has 0 aliphatic carbocycles. The van der Waals surface area contributed by atoms with Crippen molar-refractivity contribution in [1.82, 2.24) is 15.2 Å². The van der Waals surface area contributed by atoms with Crippen molar-refractivity contribution in [3.8, 4) is 0 Å². The van der Waals surface area contributed by atoms with Gasteiger partial charge in [-0.25, -0.2) is 0 Å². The number of aromatic nitrogens is 3. The molecule has 2 rings (SSSR count). The van der Waals surface area contributed by atoms with E-state index in [9.17, 15) is 9.59 Å². The minimum Gasteiger partial charge on any atom is -0.469 e. The van der Waals surface area contributed by atoms with Gasteiger partial charge in [0.25, 0.3) is 5.56 Å². The number of hydrogen-bond donors (Lipinski definition) is 3. The molecule has 94 valence electrons. The van der Waals surface area contributed by atoms with Crippen molar-refractivity contribution in [1.29, 1.82) is 0 Å². The summed E-state index contributed by atoms with van der Waals surface area (Å²) in [5.74, 6) is -0.358. The average Bonchev–Trinajstić information content (AvgIpc) is 2.99. The Bertz CT molecular complexity index is 692. The highest BCUT2D eigenvalue weighted by molar-refractivity contribution is 5.74. The molecule has 0 aromatic carbocycles. The van der Waals surface area contributed by atoms with Crippen LogP contribution in [-0.2, 0) is 9.53 Å². The van der Waals surface area contributed by atoms with Gasteiger partial charge in [0.15, 0.2) is 0 Å². The largest absolute Gasteiger partial charge is 0.469 e. The van der Waals surface area contributed by atoms with Crippen LogP contribution in [0.25, 0.3) is 12.2 Å². The summed E-state index contributed by atoms with van der Waals surface area (Å²) in [6, 6.07) is 3.68. The quantitative estimate of drug-likeness (QED) is 0.620. The van der Waals surface area contributed by atoms with Crippen molar-refractivity contribution in [2.24, 2.45) is 0 Å². The first-order chi connectivity index (χ1) is 8.70. The van der Waals surface area contributed by atoms with Gasteiger partial charge in [-0.2, -0.15) is 0 Å². The molecular weight excluding hydrogens is 234 g/mol. The average molecular weight is 247 g/mol.